The summed E-state index contributed by atoms with van der Waals surface area (Å²) in [4.78, 5) is 8.35. The van der Waals surface area contributed by atoms with Crippen molar-refractivity contribution in [3.05, 3.63) is 46.9 Å². The van der Waals surface area contributed by atoms with E-state index < -0.39 is 0 Å². The lowest BCUT2D eigenvalue weighted by Gasteiger charge is -2.12. The summed E-state index contributed by atoms with van der Waals surface area (Å²) in [6.45, 7) is 6.47. The van der Waals surface area contributed by atoms with Gasteiger partial charge in [0.25, 0.3) is 0 Å². The van der Waals surface area contributed by atoms with Crippen LogP contribution < -0.4 is 10.5 Å². The summed E-state index contributed by atoms with van der Waals surface area (Å²) in [7, 11) is 0. The first kappa shape index (κ1) is 12.5. The van der Waals surface area contributed by atoms with E-state index in [9.17, 15) is 0 Å². The molecule has 0 atom stereocenters. The second-order valence-electron chi connectivity index (χ2n) is 4.31. The van der Waals surface area contributed by atoms with Gasteiger partial charge in [0.05, 0.1) is 11.9 Å². The Kier molecular flexibility index (Phi) is 3.58. The summed E-state index contributed by atoms with van der Waals surface area (Å²) in [6.07, 6.45) is 3.24. The summed E-state index contributed by atoms with van der Waals surface area (Å²) >= 11 is 0. The van der Waals surface area contributed by atoms with Crippen molar-refractivity contribution in [2.24, 2.45) is 5.73 Å². The van der Waals surface area contributed by atoms with Crippen molar-refractivity contribution >= 4 is 0 Å². The van der Waals surface area contributed by atoms with Crippen molar-refractivity contribution in [3.63, 3.8) is 0 Å². The summed E-state index contributed by atoms with van der Waals surface area (Å²) in [6, 6.07) is 4.12. The fourth-order valence-electron chi connectivity index (χ4n) is 1.72. The zero-order valence-corrected chi connectivity index (χ0v) is 10.9. The molecule has 4 heteroatoms. The predicted octanol–water partition coefficient (Wildman–Crippen LogP) is 2.65. The Balaban J connectivity index is 2.36. The van der Waals surface area contributed by atoms with Gasteiger partial charge in [-0.25, -0.2) is 4.98 Å². The van der Waals surface area contributed by atoms with Crippen LogP contribution in [-0.4, -0.2) is 9.97 Å². The molecule has 0 saturated carbocycles. The summed E-state index contributed by atoms with van der Waals surface area (Å²) < 4.78 is 5.83. The predicted molar refractivity (Wildman–Crippen MR) is 70.7 cm³/mol. The first-order valence-corrected chi connectivity index (χ1v) is 5.87. The molecular formula is C14H17N3O. The number of hydrogen-bond donors (Lipinski definition) is 1. The van der Waals surface area contributed by atoms with E-state index in [4.69, 9.17) is 10.5 Å². The van der Waals surface area contributed by atoms with E-state index in [1.807, 2.05) is 19.9 Å². The normalized spacial score (nSPS) is 10.4. The first-order valence-electron chi connectivity index (χ1n) is 5.87. The molecule has 1 aromatic carbocycles. The number of aromatic nitrogens is 2. The van der Waals surface area contributed by atoms with Gasteiger partial charge in [-0.3, -0.25) is 4.98 Å². The molecule has 0 fully saturated rings. The smallest absolute Gasteiger partial charge is 0.238 e. The molecule has 2 N–H and O–H groups in total. The van der Waals surface area contributed by atoms with Crippen molar-refractivity contribution < 1.29 is 4.74 Å². The Morgan fingerprint density at radius 1 is 1.11 bits per heavy atom. The molecular weight excluding hydrogens is 226 g/mol. The number of aryl methyl sites for hydroxylation is 2. The Morgan fingerprint density at radius 3 is 2.56 bits per heavy atom. The zero-order valence-electron chi connectivity index (χ0n) is 10.9. The summed E-state index contributed by atoms with van der Waals surface area (Å²) in [5.74, 6) is 1.33. The van der Waals surface area contributed by atoms with Crippen LogP contribution in [0.5, 0.6) is 11.6 Å². The molecule has 4 nitrogen and oxygen atoms in total. The Morgan fingerprint density at radius 2 is 1.83 bits per heavy atom. The SMILES string of the molecule is Cc1ccc(C)c(Oc2cncc(CN)n2)c1C. The van der Waals surface area contributed by atoms with Crippen molar-refractivity contribution in [2.45, 2.75) is 27.3 Å². The molecule has 0 aliphatic heterocycles. The fraction of sp³-hybridized carbons (Fsp3) is 0.286. The number of ether oxygens (including phenoxy) is 1. The van der Waals surface area contributed by atoms with Gasteiger partial charge in [-0.05, 0) is 37.5 Å². The lowest BCUT2D eigenvalue weighted by Crippen LogP contribution is -2.02. The van der Waals surface area contributed by atoms with Crippen LogP contribution in [0.15, 0.2) is 24.5 Å². The van der Waals surface area contributed by atoms with Gasteiger partial charge in [-0.1, -0.05) is 12.1 Å². The van der Waals surface area contributed by atoms with Crippen molar-refractivity contribution in [1.29, 1.82) is 0 Å². The molecule has 0 bridgehead atoms. The van der Waals surface area contributed by atoms with E-state index in [0.717, 1.165) is 22.6 Å². The standard InChI is InChI=1S/C14H17N3O/c1-9-4-5-10(2)14(11(9)3)18-13-8-16-7-12(6-15)17-13/h4-5,7-8H,6,15H2,1-3H3. The molecule has 2 rings (SSSR count). The third kappa shape index (κ3) is 2.49. The molecule has 2 aromatic rings. The fourth-order valence-corrected chi connectivity index (χ4v) is 1.72. The highest BCUT2D eigenvalue weighted by molar-refractivity contribution is 5.46. The minimum atomic E-state index is 0.357. The van der Waals surface area contributed by atoms with E-state index in [1.165, 1.54) is 5.56 Å². The molecule has 0 spiro atoms. The highest BCUT2D eigenvalue weighted by atomic mass is 16.5. The summed E-state index contributed by atoms with van der Waals surface area (Å²) in [5, 5.41) is 0. The maximum absolute atomic E-state index is 5.83. The molecule has 1 aromatic heterocycles. The highest BCUT2D eigenvalue weighted by Gasteiger charge is 2.09. The van der Waals surface area contributed by atoms with Crippen LogP contribution in [0, 0.1) is 20.8 Å². The monoisotopic (exact) mass is 243 g/mol. The van der Waals surface area contributed by atoms with E-state index in [2.05, 4.69) is 23.0 Å². The van der Waals surface area contributed by atoms with Gasteiger partial charge in [0.1, 0.15) is 5.75 Å². The van der Waals surface area contributed by atoms with Crippen LogP contribution in [-0.2, 0) is 6.54 Å². The van der Waals surface area contributed by atoms with Crippen LogP contribution in [0.2, 0.25) is 0 Å². The average molecular weight is 243 g/mol. The molecule has 1 heterocycles. The number of nitrogens with two attached hydrogens (primary N) is 1. The molecule has 94 valence electrons. The second-order valence-corrected chi connectivity index (χ2v) is 4.31. The van der Waals surface area contributed by atoms with Crippen LogP contribution in [0.3, 0.4) is 0 Å². The number of rotatable bonds is 3. The van der Waals surface area contributed by atoms with Gasteiger partial charge in [0.15, 0.2) is 0 Å². The van der Waals surface area contributed by atoms with Crippen LogP contribution in [0.25, 0.3) is 0 Å². The molecule has 18 heavy (non-hydrogen) atoms. The number of hydrogen-bond acceptors (Lipinski definition) is 4. The molecule has 0 radical (unpaired) electrons. The third-order valence-corrected chi connectivity index (χ3v) is 2.95. The first-order chi connectivity index (χ1) is 8.61. The maximum atomic E-state index is 5.83. The third-order valence-electron chi connectivity index (χ3n) is 2.95. The number of nitrogens with zero attached hydrogens (tertiary/aromatic N) is 2. The average Bonchev–Trinajstić information content (AvgIpc) is 2.39. The van der Waals surface area contributed by atoms with Gasteiger partial charge >= 0.3 is 0 Å². The quantitative estimate of drug-likeness (QED) is 0.900. The van der Waals surface area contributed by atoms with Crippen molar-refractivity contribution in [1.82, 2.24) is 9.97 Å². The van der Waals surface area contributed by atoms with Crippen molar-refractivity contribution in [2.75, 3.05) is 0 Å². The lowest BCUT2D eigenvalue weighted by atomic mass is 10.1. The van der Waals surface area contributed by atoms with Crippen LogP contribution in [0.4, 0.5) is 0 Å². The minimum absolute atomic E-state index is 0.357. The van der Waals surface area contributed by atoms with Crippen LogP contribution in [0.1, 0.15) is 22.4 Å². The van der Waals surface area contributed by atoms with Gasteiger partial charge in [0, 0.05) is 12.7 Å². The highest BCUT2D eigenvalue weighted by Crippen LogP contribution is 2.29. The largest absolute Gasteiger partial charge is 0.437 e. The van der Waals surface area contributed by atoms with Gasteiger partial charge in [0.2, 0.25) is 5.88 Å². The molecule has 0 aliphatic rings. The Labute approximate surface area is 107 Å². The Hall–Kier alpha value is -1.94. The Bertz CT molecular complexity index is 567. The minimum Gasteiger partial charge on any atom is -0.437 e. The second kappa shape index (κ2) is 5.14. The van der Waals surface area contributed by atoms with Gasteiger partial charge in [-0.2, -0.15) is 0 Å². The number of benzene rings is 1. The topological polar surface area (TPSA) is 61.0 Å². The van der Waals surface area contributed by atoms with E-state index in [1.54, 1.807) is 12.4 Å². The van der Waals surface area contributed by atoms with Gasteiger partial charge in [-0.15, -0.1) is 0 Å². The summed E-state index contributed by atoms with van der Waals surface area (Å²) in [5.41, 5.74) is 9.65. The van der Waals surface area contributed by atoms with E-state index in [0.29, 0.717) is 12.4 Å². The molecule has 0 aliphatic carbocycles. The van der Waals surface area contributed by atoms with E-state index >= 15 is 0 Å². The zero-order chi connectivity index (χ0) is 13.1. The van der Waals surface area contributed by atoms with E-state index in [-0.39, 0.29) is 0 Å². The molecule has 0 saturated heterocycles. The van der Waals surface area contributed by atoms with Crippen molar-refractivity contribution in [3.8, 4) is 11.6 Å². The van der Waals surface area contributed by atoms with Crippen LogP contribution >= 0.6 is 0 Å². The lowest BCUT2D eigenvalue weighted by molar-refractivity contribution is 0.450. The molecule has 0 amide bonds. The molecule has 0 unspecified atom stereocenters. The maximum Gasteiger partial charge on any atom is 0.238 e. The van der Waals surface area contributed by atoms with Gasteiger partial charge < -0.3 is 10.5 Å².